The van der Waals surface area contributed by atoms with Crippen LogP contribution in [0.3, 0.4) is 0 Å². The second-order valence-corrected chi connectivity index (χ2v) is 2.58. The predicted molar refractivity (Wildman–Crippen MR) is 42.3 cm³/mol. The average molecular weight is 153 g/mol. The fourth-order valence-corrected chi connectivity index (χ4v) is 1.06. The zero-order chi connectivity index (χ0) is 7.23. The highest BCUT2D eigenvalue weighted by Gasteiger charge is 1.88. The maximum absolute atomic E-state index is 9.93. The summed E-state index contributed by atoms with van der Waals surface area (Å²) in [7, 11) is 0. The van der Waals surface area contributed by atoms with Crippen LogP contribution in [-0.2, 0) is 10.5 Å². The number of pyridine rings is 1. The monoisotopic (exact) mass is 153 g/mol. The van der Waals surface area contributed by atoms with Crippen LogP contribution in [-0.4, -0.2) is 10.6 Å². The van der Waals surface area contributed by atoms with Gasteiger partial charge in [0.1, 0.15) is 0 Å². The van der Waals surface area contributed by atoms with Crippen molar-refractivity contribution < 1.29 is 4.79 Å². The highest BCUT2D eigenvalue weighted by molar-refractivity contribution is 8.11. The van der Waals surface area contributed by atoms with Gasteiger partial charge in [0.15, 0.2) is 5.62 Å². The smallest absolute Gasteiger partial charge is 0.176 e. The molecule has 0 fully saturated rings. The number of nitrogens with zero attached hydrogens (tertiary/aromatic N) is 1. The van der Waals surface area contributed by atoms with Crippen LogP contribution in [0.5, 0.6) is 0 Å². The van der Waals surface area contributed by atoms with Gasteiger partial charge in [-0.2, -0.15) is 0 Å². The molecule has 1 rings (SSSR count). The van der Waals surface area contributed by atoms with E-state index >= 15 is 0 Å². The van der Waals surface area contributed by atoms with Crippen LogP contribution >= 0.6 is 11.8 Å². The Balaban J connectivity index is 2.50. The van der Waals surface area contributed by atoms with Crippen molar-refractivity contribution in [1.82, 2.24) is 4.98 Å². The SMILES string of the molecule is O=CSCc1ccncc1. The molecule has 10 heavy (non-hydrogen) atoms. The van der Waals surface area contributed by atoms with Crippen LogP contribution in [0.25, 0.3) is 0 Å². The lowest BCUT2D eigenvalue weighted by Gasteiger charge is -1.92. The van der Waals surface area contributed by atoms with Gasteiger partial charge in [-0.25, -0.2) is 0 Å². The summed E-state index contributed by atoms with van der Waals surface area (Å²) in [4.78, 5) is 13.8. The van der Waals surface area contributed by atoms with Crippen LogP contribution in [0, 0.1) is 0 Å². The lowest BCUT2D eigenvalue weighted by Crippen LogP contribution is -1.79. The van der Waals surface area contributed by atoms with E-state index in [0.717, 1.165) is 16.9 Å². The maximum atomic E-state index is 9.93. The van der Waals surface area contributed by atoms with Gasteiger partial charge in [0.05, 0.1) is 0 Å². The molecular weight excluding hydrogens is 146 g/mol. The van der Waals surface area contributed by atoms with Crippen molar-refractivity contribution in [1.29, 1.82) is 0 Å². The molecule has 1 aromatic heterocycles. The zero-order valence-corrected chi connectivity index (χ0v) is 6.17. The van der Waals surface area contributed by atoms with Crippen molar-refractivity contribution >= 4 is 17.4 Å². The van der Waals surface area contributed by atoms with E-state index in [-0.39, 0.29) is 0 Å². The summed E-state index contributed by atoms with van der Waals surface area (Å²) in [5.41, 5.74) is 1.98. The van der Waals surface area contributed by atoms with Crippen molar-refractivity contribution in [3.8, 4) is 0 Å². The van der Waals surface area contributed by atoms with Crippen LogP contribution in [0.4, 0.5) is 0 Å². The number of aromatic nitrogens is 1. The Labute approximate surface area is 63.7 Å². The van der Waals surface area contributed by atoms with Gasteiger partial charge in [-0.05, 0) is 17.7 Å². The summed E-state index contributed by atoms with van der Waals surface area (Å²) in [6, 6.07) is 3.80. The molecule has 0 saturated heterocycles. The Bertz CT molecular complexity index is 200. The number of carbonyl (C=O) groups is 1. The highest BCUT2D eigenvalue weighted by Crippen LogP contribution is 2.06. The number of hydrogen-bond donors (Lipinski definition) is 0. The molecule has 0 atom stereocenters. The Morgan fingerprint density at radius 2 is 2.20 bits per heavy atom. The van der Waals surface area contributed by atoms with E-state index in [1.165, 1.54) is 11.8 Å². The quantitative estimate of drug-likeness (QED) is 0.616. The van der Waals surface area contributed by atoms with E-state index in [1.807, 2.05) is 12.1 Å². The van der Waals surface area contributed by atoms with E-state index in [0.29, 0.717) is 0 Å². The van der Waals surface area contributed by atoms with Crippen LogP contribution < -0.4 is 0 Å². The number of hydrogen-bond acceptors (Lipinski definition) is 3. The lowest BCUT2D eigenvalue weighted by atomic mass is 10.3. The van der Waals surface area contributed by atoms with Crippen LogP contribution in [0.2, 0.25) is 0 Å². The Kier molecular flexibility index (Phi) is 2.96. The van der Waals surface area contributed by atoms with Gasteiger partial charge in [0.2, 0.25) is 0 Å². The number of carbonyl (C=O) groups excluding carboxylic acids is 1. The molecule has 0 radical (unpaired) electrons. The predicted octanol–water partition coefficient (Wildman–Crippen LogP) is 1.50. The van der Waals surface area contributed by atoms with Crippen molar-refractivity contribution in [3.63, 3.8) is 0 Å². The third kappa shape index (κ3) is 2.19. The summed E-state index contributed by atoms with van der Waals surface area (Å²) < 4.78 is 0. The molecule has 0 saturated carbocycles. The third-order valence-corrected chi connectivity index (χ3v) is 1.70. The molecular formula is C7H7NOS. The molecule has 0 aliphatic carbocycles. The second-order valence-electron chi connectivity index (χ2n) is 1.76. The standard InChI is InChI=1S/C7H7NOS/c9-6-10-5-7-1-3-8-4-2-7/h1-4,6H,5H2. The molecule has 52 valence electrons. The molecule has 0 bridgehead atoms. The lowest BCUT2D eigenvalue weighted by molar-refractivity contribution is 0.570. The minimum absolute atomic E-state index is 0.742. The van der Waals surface area contributed by atoms with Gasteiger partial charge in [-0.1, -0.05) is 11.8 Å². The Hall–Kier alpha value is -0.830. The maximum Gasteiger partial charge on any atom is 0.176 e. The first-order valence-corrected chi connectivity index (χ1v) is 3.92. The van der Waals surface area contributed by atoms with Crippen molar-refractivity contribution in [2.24, 2.45) is 0 Å². The van der Waals surface area contributed by atoms with Gasteiger partial charge in [0, 0.05) is 18.1 Å². The molecule has 0 spiro atoms. The first-order chi connectivity index (χ1) is 4.93. The van der Waals surface area contributed by atoms with Gasteiger partial charge >= 0.3 is 0 Å². The summed E-state index contributed by atoms with van der Waals surface area (Å²) in [6.07, 6.45) is 3.45. The van der Waals surface area contributed by atoms with E-state index in [9.17, 15) is 4.79 Å². The summed E-state index contributed by atoms with van der Waals surface area (Å²) >= 11 is 1.25. The van der Waals surface area contributed by atoms with Gasteiger partial charge in [-0.15, -0.1) is 0 Å². The van der Waals surface area contributed by atoms with Crippen LogP contribution in [0.1, 0.15) is 5.56 Å². The van der Waals surface area contributed by atoms with E-state index in [2.05, 4.69) is 4.98 Å². The number of rotatable bonds is 3. The molecule has 2 nitrogen and oxygen atoms in total. The molecule has 0 unspecified atom stereocenters. The zero-order valence-electron chi connectivity index (χ0n) is 5.36. The Morgan fingerprint density at radius 1 is 1.50 bits per heavy atom. The average Bonchev–Trinajstić information content (AvgIpc) is 2.03. The fraction of sp³-hybridized carbons (Fsp3) is 0.143. The van der Waals surface area contributed by atoms with Crippen LogP contribution in [0.15, 0.2) is 24.5 Å². The molecule has 0 amide bonds. The highest BCUT2D eigenvalue weighted by atomic mass is 32.2. The van der Waals surface area contributed by atoms with Crippen molar-refractivity contribution in [2.45, 2.75) is 5.75 Å². The normalized spacial score (nSPS) is 9.20. The second kappa shape index (κ2) is 4.06. The molecule has 0 aliphatic heterocycles. The van der Waals surface area contributed by atoms with Gasteiger partial charge in [-0.3, -0.25) is 9.78 Å². The van der Waals surface area contributed by atoms with Crippen molar-refractivity contribution in [2.75, 3.05) is 0 Å². The Morgan fingerprint density at radius 3 is 2.80 bits per heavy atom. The van der Waals surface area contributed by atoms with Gasteiger partial charge < -0.3 is 0 Å². The first kappa shape index (κ1) is 7.28. The summed E-state index contributed by atoms with van der Waals surface area (Å²) in [5.74, 6) is 0.742. The molecule has 0 aliphatic rings. The molecule has 3 heteroatoms. The summed E-state index contributed by atoms with van der Waals surface area (Å²) in [6.45, 7) is 0. The van der Waals surface area contributed by atoms with Crippen molar-refractivity contribution in [3.05, 3.63) is 30.1 Å². The number of thioether (sulfide) groups is 1. The van der Waals surface area contributed by atoms with E-state index in [1.54, 1.807) is 12.4 Å². The minimum Gasteiger partial charge on any atom is -0.291 e. The molecule has 1 heterocycles. The van der Waals surface area contributed by atoms with E-state index in [4.69, 9.17) is 0 Å². The minimum atomic E-state index is 0.742. The largest absolute Gasteiger partial charge is 0.291 e. The summed E-state index contributed by atoms with van der Waals surface area (Å²) in [5, 5.41) is 0. The molecule has 0 N–H and O–H groups in total. The molecule has 0 aromatic carbocycles. The topological polar surface area (TPSA) is 30.0 Å². The fourth-order valence-electron chi connectivity index (χ4n) is 0.609. The van der Waals surface area contributed by atoms with Gasteiger partial charge in [0.25, 0.3) is 0 Å². The van der Waals surface area contributed by atoms with E-state index < -0.39 is 0 Å². The first-order valence-electron chi connectivity index (χ1n) is 2.87. The third-order valence-electron chi connectivity index (χ3n) is 1.07. The molecule has 1 aromatic rings.